The average molecular weight is 684 g/mol. The van der Waals surface area contributed by atoms with Crippen LogP contribution in [0.4, 0.5) is 4.79 Å². The van der Waals surface area contributed by atoms with Crippen LogP contribution in [0, 0.1) is 0 Å². The molecule has 5 nitrogen and oxygen atoms in total. The zero-order valence-electron chi connectivity index (χ0n) is 29.7. The van der Waals surface area contributed by atoms with Crippen molar-refractivity contribution in [3.05, 3.63) is 168 Å². The molecule has 0 aliphatic carbocycles. The van der Waals surface area contributed by atoms with Crippen molar-refractivity contribution in [3.63, 3.8) is 0 Å². The zero-order chi connectivity index (χ0) is 35.0. The van der Waals surface area contributed by atoms with Gasteiger partial charge in [0.1, 0.15) is 5.54 Å². The number of carbonyl (C=O) groups is 1. The number of piperidine rings is 1. The Morgan fingerprint density at radius 2 is 1.16 bits per heavy atom. The van der Waals surface area contributed by atoms with Crippen LogP contribution in [0.3, 0.4) is 0 Å². The second-order valence-electron chi connectivity index (χ2n) is 14.1. The first-order valence-corrected chi connectivity index (χ1v) is 19.6. The van der Waals surface area contributed by atoms with E-state index in [-0.39, 0.29) is 29.8 Å². The molecule has 5 aromatic carbocycles. The number of amides is 1. The van der Waals surface area contributed by atoms with Gasteiger partial charge in [-0.2, -0.15) is 0 Å². The van der Waals surface area contributed by atoms with Gasteiger partial charge in [-0.3, -0.25) is 4.90 Å². The Bertz CT molecular complexity index is 1700. The fourth-order valence-electron chi connectivity index (χ4n) is 8.15. The molecule has 0 radical (unpaired) electrons. The fourth-order valence-corrected chi connectivity index (χ4v) is 12.8. The molecule has 5 aromatic rings. The van der Waals surface area contributed by atoms with Gasteiger partial charge >= 0.3 is 6.09 Å². The number of carbonyl (C=O) groups excluding carboxylic acids is 1. The molecule has 0 aromatic heterocycles. The number of hydrogen-bond donors (Lipinski definition) is 0. The summed E-state index contributed by atoms with van der Waals surface area (Å²) in [5.74, 6) is -0.182. The molecule has 6 heteroatoms. The molecule has 2 atom stereocenters. The highest BCUT2D eigenvalue weighted by Crippen LogP contribution is 2.53. The van der Waals surface area contributed by atoms with Gasteiger partial charge in [0.2, 0.25) is 0 Å². The minimum Gasteiger partial charge on any atom is -0.449 e. The molecular weight excluding hydrogens is 635 g/mol. The number of benzene rings is 5. The number of ether oxygens (including phenoxy) is 2. The molecule has 6 rings (SSSR count). The smallest absolute Gasteiger partial charge is 0.410 e. The fraction of sp³-hybridized carbons (Fsp3) is 0.295. The number of methoxy groups -OCH3 is 1. The molecule has 2 unspecified atom stereocenters. The maximum Gasteiger partial charge on any atom is 0.410 e. The monoisotopic (exact) mass is 683 g/mol. The number of likely N-dealkylation sites (tertiary alicyclic amines) is 1. The molecular formula is C44H49NO4Si. The third kappa shape index (κ3) is 6.68. The molecule has 1 aliphatic rings. The van der Waals surface area contributed by atoms with E-state index in [1.165, 1.54) is 10.4 Å². The van der Waals surface area contributed by atoms with Crippen LogP contribution in [0.1, 0.15) is 56.2 Å². The summed E-state index contributed by atoms with van der Waals surface area (Å²) in [6, 6.07) is 52.4. The van der Waals surface area contributed by atoms with Crippen LogP contribution in [0.25, 0.3) is 0 Å². The van der Waals surface area contributed by atoms with Crippen molar-refractivity contribution in [1.82, 2.24) is 4.90 Å². The SMILES string of the molecule is COC1CCN(C(=O)OCCCO[Si](c2ccccc2)(c2ccccc2)C(C)(C)C)C(c2ccccc2)(c2ccccc2)C1c1ccccc1. The van der Waals surface area contributed by atoms with Crippen molar-refractivity contribution in [2.24, 2.45) is 0 Å². The number of rotatable bonds is 11. The predicted molar refractivity (Wildman–Crippen MR) is 205 cm³/mol. The van der Waals surface area contributed by atoms with E-state index in [0.29, 0.717) is 26.0 Å². The van der Waals surface area contributed by atoms with Gasteiger partial charge < -0.3 is 13.9 Å². The van der Waals surface area contributed by atoms with E-state index in [1.54, 1.807) is 7.11 Å². The van der Waals surface area contributed by atoms with Gasteiger partial charge in [-0.1, -0.05) is 172 Å². The summed E-state index contributed by atoms with van der Waals surface area (Å²) in [6.45, 7) is 8.04. The Kier molecular flexibility index (Phi) is 11.0. The van der Waals surface area contributed by atoms with Crippen molar-refractivity contribution in [1.29, 1.82) is 0 Å². The van der Waals surface area contributed by atoms with Gasteiger partial charge in [0.15, 0.2) is 0 Å². The zero-order valence-corrected chi connectivity index (χ0v) is 30.7. The van der Waals surface area contributed by atoms with Crippen LogP contribution in [0.5, 0.6) is 0 Å². The highest BCUT2D eigenvalue weighted by molar-refractivity contribution is 6.99. The van der Waals surface area contributed by atoms with E-state index in [9.17, 15) is 4.79 Å². The molecule has 0 spiro atoms. The molecule has 50 heavy (non-hydrogen) atoms. The maximum atomic E-state index is 14.5. The van der Waals surface area contributed by atoms with Gasteiger partial charge in [0.05, 0.1) is 12.7 Å². The molecule has 0 saturated carbocycles. The Hall–Kier alpha value is -4.49. The summed E-state index contributed by atoms with van der Waals surface area (Å²) >= 11 is 0. The standard InChI is InChI=1S/C44H49NO4Si/c1-43(2,3)50(38-27-16-8-17-28-38,39-29-18-9-19-30-39)49-34-20-33-48-42(46)45-32-31-40(47-4)41(35-21-10-5-11-22-35)44(45,36-23-12-6-13-24-36)37-25-14-7-15-26-37/h5-19,21-30,40-41H,20,31-34H2,1-4H3. The molecule has 1 amide bonds. The summed E-state index contributed by atoms with van der Waals surface area (Å²) in [6.07, 6.45) is 0.806. The lowest BCUT2D eigenvalue weighted by Gasteiger charge is -2.54. The number of nitrogens with zero attached hydrogens (tertiary/aromatic N) is 1. The third-order valence-corrected chi connectivity index (χ3v) is 15.3. The van der Waals surface area contributed by atoms with Crippen molar-refractivity contribution >= 4 is 24.8 Å². The van der Waals surface area contributed by atoms with Gasteiger partial charge in [-0.25, -0.2) is 4.79 Å². The lowest BCUT2D eigenvalue weighted by atomic mass is 9.64. The van der Waals surface area contributed by atoms with E-state index in [0.717, 1.165) is 16.7 Å². The summed E-state index contributed by atoms with van der Waals surface area (Å²) < 4.78 is 19.6. The van der Waals surface area contributed by atoms with Gasteiger partial charge in [0.25, 0.3) is 8.32 Å². The van der Waals surface area contributed by atoms with Crippen molar-refractivity contribution in [3.8, 4) is 0 Å². The molecule has 1 saturated heterocycles. The summed E-state index contributed by atoms with van der Waals surface area (Å²) in [5.41, 5.74) is 2.29. The van der Waals surface area contributed by atoms with E-state index in [1.807, 2.05) is 47.4 Å². The summed E-state index contributed by atoms with van der Waals surface area (Å²) in [4.78, 5) is 16.5. The molecule has 0 N–H and O–H groups in total. The van der Waals surface area contributed by atoms with Gasteiger partial charge in [-0.15, -0.1) is 0 Å². The molecule has 0 bridgehead atoms. The van der Waals surface area contributed by atoms with Crippen LogP contribution in [0.15, 0.2) is 152 Å². The Balaban J connectivity index is 1.30. The minimum atomic E-state index is -2.69. The maximum absolute atomic E-state index is 14.5. The second kappa shape index (κ2) is 15.6. The summed E-state index contributed by atoms with van der Waals surface area (Å²) in [7, 11) is -0.914. The van der Waals surface area contributed by atoms with Crippen molar-refractivity contribution < 1.29 is 18.7 Å². The van der Waals surface area contributed by atoms with Crippen LogP contribution in [-0.4, -0.2) is 52.3 Å². The lowest BCUT2D eigenvalue weighted by Crippen LogP contribution is -2.66. The Morgan fingerprint density at radius 3 is 1.62 bits per heavy atom. The largest absolute Gasteiger partial charge is 0.449 e. The van der Waals surface area contributed by atoms with Crippen LogP contribution in [0.2, 0.25) is 5.04 Å². The first-order valence-electron chi connectivity index (χ1n) is 17.7. The highest BCUT2D eigenvalue weighted by atomic mass is 28.4. The predicted octanol–water partition coefficient (Wildman–Crippen LogP) is 8.54. The van der Waals surface area contributed by atoms with E-state index >= 15 is 0 Å². The van der Waals surface area contributed by atoms with Crippen LogP contribution in [-0.2, 0) is 19.4 Å². The van der Waals surface area contributed by atoms with Crippen LogP contribution >= 0.6 is 0 Å². The van der Waals surface area contributed by atoms with Gasteiger partial charge in [-0.05, 0) is 38.5 Å². The highest BCUT2D eigenvalue weighted by Gasteiger charge is 2.56. The topological polar surface area (TPSA) is 48.0 Å². The molecule has 258 valence electrons. The molecule has 1 aliphatic heterocycles. The van der Waals surface area contributed by atoms with Crippen molar-refractivity contribution in [2.45, 2.75) is 56.2 Å². The number of hydrogen-bond acceptors (Lipinski definition) is 4. The normalized spacial score (nSPS) is 17.6. The van der Waals surface area contributed by atoms with Crippen molar-refractivity contribution in [2.75, 3.05) is 26.9 Å². The minimum absolute atomic E-state index is 0.123. The Morgan fingerprint density at radius 1 is 0.700 bits per heavy atom. The van der Waals surface area contributed by atoms with E-state index in [4.69, 9.17) is 13.9 Å². The first kappa shape index (κ1) is 35.3. The van der Waals surface area contributed by atoms with Crippen LogP contribution < -0.4 is 10.4 Å². The molecule has 1 heterocycles. The second-order valence-corrected chi connectivity index (χ2v) is 18.4. The molecule has 1 fully saturated rings. The van der Waals surface area contributed by atoms with E-state index in [2.05, 4.69) is 130 Å². The average Bonchev–Trinajstić information content (AvgIpc) is 3.16. The first-order chi connectivity index (χ1) is 24.3. The quantitative estimate of drug-likeness (QED) is 0.103. The Labute approximate surface area is 299 Å². The van der Waals surface area contributed by atoms with E-state index < -0.39 is 13.9 Å². The summed E-state index contributed by atoms with van der Waals surface area (Å²) in [5, 5.41) is 2.34. The lowest BCUT2D eigenvalue weighted by molar-refractivity contribution is -0.0436. The third-order valence-electron chi connectivity index (χ3n) is 10.2. The van der Waals surface area contributed by atoms with Gasteiger partial charge in [0, 0.05) is 32.6 Å².